The number of carbonyl (C=O) groups is 3. The molecule has 172 valence electrons. The predicted octanol–water partition coefficient (Wildman–Crippen LogP) is 2.58. The van der Waals surface area contributed by atoms with Gasteiger partial charge in [0.25, 0.3) is 11.8 Å². The third-order valence-corrected chi connectivity index (χ3v) is 5.78. The summed E-state index contributed by atoms with van der Waals surface area (Å²) in [5.41, 5.74) is 2.59. The standard InChI is InChI=1S/C25H28N4O4/c1-4-33-21-11-9-20(10-12-21)29-24(31)22(18-5-7-19(8-6-18)26-17(2)30)23(25(29)32)28-15-13-27(3)14-16-28/h5-12H,4,13-16H2,1-3H3,(H,26,30). The van der Waals surface area contributed by atoms with Crippen LogP contribution in [0.1, 0.15) is 19.4 Å². The van der Waals surface area contributed by atoms with Crippen molar-refractivity contribution in [3.05, 3.63) is 59.8 Å². The van der Waals surface area contributed by atoms with E-state index in [9.17, 15) is 14.4 Å². The molecule has 2 aromatic carbocycles. The fourth-order valence-electron chi connectivity index (χ4n) is 4.12. The third kappa shape index (κ3) is 4.61. The first-order chi connectivity index (χ1) is 15.9. The van der Waals surface area contributed by atoms with E-state index in [0.29, 0.717) is 53.7 Å². The second kappa shape index (κ2) is 9.46. The first kappa shape index (κ1) is 22.5. The Bertz CT molecular complexity index is 1080. The zero-order valence-electron chi connectivity index (χ0n) is 19.1. The molecule has 3 amide bonds. The molecule has 4 rings (SSSR count). The van der Waals surface area contributed by atoms with Crippen LogP contribution in [0.2, 0.25) is 0 Å². The molecule has 0 radical (unpaired) electrons. The van der Waals surface area contributed by atoms with Gasteiger partial charge in [0.1, 0.15) is 11.4 Å². The number of amides is 3. The van der Waals surface area contributed by atoms with Gasteiger partial charge in [-0.2, -0.15) is 0 Å². The summed E-state index contributed by atoms with van der Waals surface area (Å²) >= 11 is 0. The smallest absolute Gasteiger partial charge is 0.282 e. The molecule has 0 unspecified atom stereocenters. The number of piperazine rings is 1. The summed E-state index contributed by atoms with van der Waals surface area (Å²) in [6.07, 6.45) is 0. The number of imide groups is 1. The van der Waals surface area contributed by atoms with Gasteiger partial charge in [-0.25, -0.2) is 4.90 Å². The Morgan fingerprint density at radius 1 is 0.939 bits per heavy atom. The minimum atomic E-state index is -0.356. The fourth-order valence-corrected chi connectivity index (χ4v) is 4.12. The van der Waals surface area contributed by atoms with Crippen molar-refractivity contribution in [1.82, 2.24) is 9.80 Å². The number of rotatable bonds is 6. The SMILES string of the molecule is CCOc1ccc(N2C(=O)C(c3ccc(NC(C)=O)cc3)=C(N3CCN(C)CC3)C2=O)cc1. The van der Waals surface area contributed by atoms with Crippen molar-refractivity contribution in [2.75, 3.05) is 50.1 Å². The second-order valence-electron chi connectivity index (χ2n) is 8.15. The minimum absolute atomic E-state index is 0.172. The van der Waals surface area contributed by atoms with Gasteiger partial charge in [-0.15, -0.1) is 0 Å². The highest BCUT2D eigenvalue weighted by molar-refractivity contribution is 6.45. The molecule has 0 saturated carbocycles. The van der Waals surface area contributed by atoms with Crippen molar-refractivity contribution in [3.63, 3.8) is 0 Å². The second-order valence-corrected chi connectivity index (χ2v) is 8.15. The van der Waals surface area contributed by atoms with Gasteiger partial charge in [0.05, 0.1) is 17.9 Å². The van der Waals surface area contributed by atoms with Crippen molar-refractivity contribution in [2.24, 2.45) is 0 Å². The lowest BCUT2D eigenvalue weighted by Crippen LogP contribution is -2.46. The molecular formula is C25H28N4O4. The van der Waals surface area contributed by atoms with Crippen LogP contribution in [0.5, 0.6) is 5.75 Å². The van der Waals surface area contributed by atoms with E-state index in [4.69, 9.17) is 4.74 Å². The van der Waals surface area contributed by atoms with Crippen molar-refractivity contribution < 1.29 is 19.1 Å². The van der Waals surface area contributed by atoms with Crippen molar-refractivity contribution in [1.29, 1.82) is 0 Å². The van der Waals surface area contributed by atoms with Gasteiger partial charge in [-0.1, -0.05) is 12.1 Å². The van der Waals surface area contributed by atoms with Crippen LogP contribution in [0, 0.1) is 0 Å². The fraction of sp³-hybridized carbons (Fsp3) is 0.320. The molecule has 1 saturated heterocycles. The van der Waals surface area contributed by atoms with E-state index < -0.39 is 0 Å². The number of ether oxygens (including phenoxy) is 1. The highest BCUT2D eigenvalue weighted by Gasteiger charge is 2.42. The molecule has 1 fully saturated rings. The summed E-state index contributed by atoms with van der Waals surface area (Å²) in [4.78, 5) is 44.0. The van der Waals surface area contributed by atoms with E-state index in [0.717, 1.165) is 13.1 Å². The van der Waals surface area contributed by atoms with Crippen molar-refractivity contribution in [3.8, 4) is 5.75 Å². The molecule has 8 heteroatoms. The lowest BCUT2D eigenvalue weighted by atomic mass is 10.0. The number of nitrogens with zero attached hydrogens (tertiary/aromatic N) is 3. The summed E-state index contributed by atoms with van der Waals surface area (Å²) in [5.74, 6) is -0.171. The van der Waals surface area contributed by atoms with E-state index in [-0.39, 0.29) is 17.7 Å². The highest BCUT2D eigenvalue weighted by atomic mass is 16.5. The summed E-state index contributed by atoms with van der Waals surface area (Å²) in [6.45, 7) is 6.82. The van der Waals surface area contributed by atoms with Gasteiger partial charge >= 0.3 is 0 Å². The lowest BCUT2D eigenvalue weighted by Gasteiger charge is -2.34. The molecule has 2 aliphatic rings. The van der Waals surface area contributed by atoms with Crippen LogP contribution >= 0.6 is 0 Å². The first-order valence-electron chi connectivity index (χ1n) is 11.1. The molecule has 1 N–H and O–H groups in total. The Hall–Kier alpha value is -3.65. The monoisotopic (exact) mass is 448 g/mol. The van der Waals surface area contributed by atoms with Gasteiger partial charge in [-0.05, 0) is 55.9 Å². The average Bonchev–Trinajstić information content (AvgIpc) is 3.05. The quantitative estimate of drug-likeness (QED) is 0.684. The molecule has 33 heavy (non-hydrogen) atoms. The number of carbonyl (C=O) groups excluding carboxylic acids is 3. The number of nitrogens with one attached hydrogen (secondary N) is 1. The Morgan fingerprint density at radius 2 is 1.58 bits per heavy atom. The molecule has 2 aromatic rings. The maximum atomic E-state index is 13.6. The van der Waals surface area contributed by atoms with Gasteiger partial charge in [0, 0.05) is 38.8 Å². The Morgan fingerprint density at radius 3 is 2.15 bits per heavy atom. The highest BCUT2D eigenvalue weighted by Crippen LogP contribution is 2.36. The summed E-state index contributed by atoms with van der Waals surface area (Å²) < 4.78 is 5.49. The molecule has 2 aliphatic heterocycles. The summed E-state index contributed by atoms with van der Waals surface area (Å²) in [7, 11) is 2.04. The largest absolute Gasteiger partial charge is 0.494 e. The number of likely N-dealkylation sites (N-methyl/N-ethyl adjacent to an activating group) is 1. The van der Waals surface area contributed by atoms with Gasteiger partial charge in [-0.3, -0.25) is 14.4 Å². The first-order valence-corrected chi connectivity index (χ1v) is 11.1. The predicted molar refractivity (Wildman–Crippen MR) is 127 cm³/mol. The van der Waals surface area contributed by atoms with Crippen LogP contribution in [-0.4, -0.2) is 67.4 Å². The molecule has 0 bridgehead atoms. The van der Waals surface area contributed by atoms with E-state index in [1.165, 1.54) is 11.8 Å². The molecule has 0 atom stereocenters. The Balaban J connectivity index is 1.72. The van der Waals surface area contributed by atoms with Crippen molar-refractivity contribution >= 4 is 34.7 Å². The Kier molecular flexibility index (Phi) is 6.46. The van der Waals surface area contributed by atoms with Gasteiger partial charge in [0.2, 0.25) is 5.91 Å². The van der Waals surface area contributed by atoms with Crippen LogP contribution in [-0.2, 0) is 14.4 Å². The number of hydrogen-bond donors (Lipinski definition) is 1. The average molecular weight is 449 g/mol. The normalized spacial score (nSPS) is 17.1. The van der Waals surface area contributed by atoms with Gasteiger partial charge < -0.3 is 19.9 Å². The van der Waals surface area contributed by atoms with E-state index in [2.05, 4.69) is 10.2 Å². The lowest BCUT2D eigenvalue weighted by molar-refractivity contribution is -0.121. The molecule has 0 spiro atoms. The molecule has 0 aliphatic carbocycles. The number of hydrogen-bond acceptors (Lipinski definition) is 6. The molecule has 2 heterocycles. The maximum Gasteiger partial charge on any atom is 0.282 e. The Labute approximate surface area is 193 Å². The van der Waals surface area contributed by atoms with E-state index >= 15 is 0 Å². The van der Waals surface area contributed by atoms with Crippen LogP contribution in [0.25, 0.3) is 5.57 Å². The van der Waals surface area contributed by atoms with E-state index in [1.807, 2.05) is 18.9 Å². The van der Waals surface area contributed by atoms with Crippen LogP contribution in [0.3, 0.4) is 0 Å². The number of anilines is 2. The van der Waals surface area contributed by atoms with Crippen molar-refractivity contribution in [2.45, 2.75) is 13.8 Å². The third-order valence-electron chi connectivity index (χ3n) is 5.78. The zero-order chi connectivity index (χ0) is 23.5. The molecule has 8 nitrogen and oxygen atoms in total. The van der Waals surface area contributed by atoms with Crippen LogP contribution < -0.4 is 15.0 Å². The molecular weight excluding hydrogens is 420 g/mol. The molecule has 0 aromatic heterocycles. The topological polar surface area (TPSA) is 82.2 Å². The summed E-state index contributed by atoms with van der Waals surface area (Å²) in [5, 5.41) is 2.73. The summed E-state index contributed by atoms with van der Waals surface area (Å²) in [6, 6.07) is 14.0. The van der Waals surface area contributed by atoms with Crippen LogP contribution in [0.4, 0.5) is 11.4 Å². The van der Waals surface area contributed by atoms with E-state index in [1.54, 1.807) is 48.5 Å². The van der Waals surface area contributed by atoms with Gasteiger partial charge in [0.15, 0.2) is 0 Å². The number of benzene rings is 2. The maximum absolute atomic E-state index is 13.6. The minimum Gasteiger partial charge on any atom is -0.494 e. The zero-order valence-corrected chi connectivity index (χ0v) is 19.1. The van der Waals surface area contributed by atoms with Crippen LogP contribution in [0.15, 0.2) is 54.2 Å².